The number of aromatic nitrogens is 1. The fraction of sp³-hybridized carbons (Fsp3) is 0.261. The molecule has 0 unspecified atom stereocenters. The van der Waals surface area contributed by atoms with Crippen LogP contribution >= 0.6 is 0 Å². The van der Waals surface area contributed by atoms with Crippen molar-refractivity contribution in [2.75, 3.05) is 18.0 Å². The van der Waals surface area contributed by atoms with E-state index in [1.807, 2.05) is 53.4 Å². The van der Waals surface area contributed by atoms with Gasteiger partial charge >= 0.3 is 0 Å². The Morgan fingerprint density at radius 1 is 1.07 bits per heavy atom. The molecule has 1 N–H and O–H groups in total. The summed E-state index contributed by atoms with van der Waals surface area (Å²) in [7, 11) is 0. The average molecular weight is 373 g/mol. The summed E-state index contributed by atoms with van der Waals surface area (Å²) in [4.78, 5) is 30.3. The summed E-state index contributed by atoms with van der Waals surface area (Å²) in [5.74, 6) is 0.173. The van der Waals surface area contributed by atoms with Crippen molar-refractivity contribution in [2.24, 2.45) is 0 Å². The quantitative estimate of drug-likeness (QED) is 0.721. The van der Waals surface area contributed by atoms with E-state index in [0.717, 1.165) is 47.1 Å². The van der Waals surface area contributed by atoms with Crippen LogP contribution in [0.5, 0.6) is 0 Å². The van der Waals surface area contributed by atoms with E-state index >= 15 is 0 Å². The van der Waals surface area contributed by atoms with E-state index < -0.39 is 0 Å². The number of carbonyl (C=O) groups is 2. The molecule has 2 amide bonds. The molecule has 1 saturated heterocycles. The highest BCUT2D eigenvalue weighted by Crippen LogP contribution is 2.21. The molecule has 0 aliphatic carbocycles. The normalized spacial score (nSPS) is 13.9. The third-order valence-electron chi connectivity index (χ3n) is 5.12. The van der Waals surface area contributed by atoms with Gasteiger partial charge < -0.3 is 10.2 Å². The van der Waals surface area contributed by atoms with Crippen molar-refractivity contribution >= 4 is 28.4 Å². The highest BCUT2D eigenvalue weighted by atomic mass is 16.2. The SMILES string of the molecule is O=C(Cc1ccc(N2CCCC2=O)cc1)NCCc1cccc2cccnc12. The Labute approximate surface area is 164 Å². The topological polar surface area (TPSA) is 62.3 Å². The standard InChI is InChI=1S/C23H23N3O2/c27-21(16-17-8-10-20(11-9-17)26-15-3-7-22(26)28)24-14-12-19-5-1-4-18-6-2-13-25-23(18)19/h1-2,4-6,8-11,13H,3,7,12,14-16H2,(H,24,27). The number of hydrogen-bond acceptors (Lipinski definition) is 3. The van der Waals surface area contributed by atoms with Crippen molar-refractivity contribution in [2.45, 2.75) is 25.7 Å². The molecule has 1 aliphatic heterocycles. The molecule has 1 aromatic heterocycles. The second-order valence-electron chi connectivity index (χ2n) is 7.08. The van der Waals surface area contributed by atoms with Gasteiger partial charge in [-0.15, -0.1) is 0 Å². The van der Waals surface area contributed by atoms with Crippen LogP contribution in [0.4, 0.5) is 5.69 Å². The second-order valence-corrected chi connectivity index (χ2v) is 7.08. The Hall–Kier alpha value is -3.21. The first-order valence-corrected chi connectivity index (χ1v) is 9.69. The smallest absolute Gasteiger partial charge is 0.227 e. The fourth-order valence-corrected chi connectivity index (χ4v) is 3.67. The summed E-state index contributed by atoms with van der Waals surface area (Å²) in [6.07, 6.45) is 4.41. The van der Waals surface area contributed by atoms with E-state index in [-0.39, 0.29) is 11.8 Å². The molecule has 5 heteroatoms. The highest BCUT2D eigenvalue weighted by molar-refractivity contribution is 5.95. The molecule has 0 saturated carbocycles. The van der Waals surface area contributed by atoms with Gasteiger partial charge in [0.05, 0.1) is 11.9 Å². The molecule has 4 rings (SSSR count). The monoisotopic (exact) mass is 373 g/mol. The molecule has 0 radical (unpaired) electrons. The molecule has 28 heavy (non-hydrogen) atoms. The molecule has 1 fully saturated rings. The number of nitrogens with one attached hydrogen (secondary N) is 1. The van der Waals surface area contributed by atoms with Crippen molar-refractivity contribution < 1.29 is 9.59 Å². The maximum Gasteiger partial charge on any atom is 0.227 e. The van der Waals surface area contributed by atoms with Crippen LogP contribution in [-0.2, 0) is 22.4 Å². The first kappa shape index (κ1) is 18.2. The van der Waals surface area contributed by atoms with Gasteiger partial charge in [-0.05, 0) is 42.2 Å². The van der Waals surface area contributed by atoms with Crippen molar-refractivity contribution in [3.05, 3.63) is 71.9 Å². The van der Waals surface area contributed by atoms with Crippen LogP contribution in [0.2, 0.25) is 0 Å². The van der Waals surface area contributed by atoms with Crippen LogP contribution in [-0.4, -0.2) is 29.9 Å². The first-order valence-electron chi connectivity index (χ1n) is 9.69. The minimum Gasteiger partial charge on any atom is -0.355 e. The van der Waals surface area contributed by atoms with Gasteiger partial charge in [-0.2, -0.15) is 0 Å². The number of pyridine rings is 1. The molecule has 3 aromatic rings. The summed E-state index contributed by atoms with van der Waals surface area (Å²) >= 11 is 0. The van der Waals surface area contributed by atoms with Crippen LogP contribution in [0, 0.1) is 0 Å². The van der Waals surface area contributed by atoms with E-state index in [2.05, 4.69) is 16.4 Å². The predicted octanol–water partition coefficient (Wildman–Crippen LogP) is 3.26. The second kappa shape index (κ2) is 8.21. The number of amides is 2. The molecule has 142 valence electrons. The number of hydrogen-bond donors (Lipinski definition) is 1. The third kappa shape index (κ3) is 4.03. The minimum atomic E-state index is -0.00167. The highest BCUT2D eigenvalue weighted by Gasteiger charge is 2.21. The van der Waals surface area contributed by atoms with Crippen LogP contribution in [0.3, 0.4) is 0 Å². The van der Waals surface area contributed by atoms with Gasteiger partial charge in [0.15, 0.2) is 0 Å². The van der Waals surface area contributed by atoms with E-state index in [0.29, 0.717) is 19.4 Å². The average Bonchev–Trinajstić information content (AvgIpc) is 3.15. The molecule has 0 atom stereocenters. The maximum absolute atomic E-state index is 12.3. The molecule has 2 heterocycles. The molecule has 0 spiro atoms. The lowest BCUT2D eigenvalue weighted by molar-refractivity contribution is -0.120. The Bertz CT molecular complexity index is 993. The molecule has 0 bridgehead atoms. The Morgan fingerprint density at radius 2 is 1.89 bits per heavy atom. The summed E-state index contributed by atoms with van der Waals surface area (Å²) in [6.45, 7) is 1.36. The largest absolute Gasteiger partial charge is 0.355 e. The lowest BCUT2D eigenvalue weighted by Gasteiger charge is -2.15. The summed E-state index contributed by atoms with van der Waals surface area (Å²) in [5, 5.41) is 4.10. The number of para-hydroxylation sites is 1. The maximum atomic E-state index is 12.3. The number of fused-ring (bicyclic) bond motifs is 1. The van der Waals surface area contributed by atoms with Crippen molar-refractivity contribution in [3.8, 4) is 0 Å². The van der Waals surface area contributed by atoms with Gasteiger partial charge in [-0.25, -0.2) is 0 Å². The van der Waals surface area contributed by atoms with Crippen LogP contribution in [0.25, 0.3) is 10.9 Å². The summed E-state index contributed by atoms with van der Waals surface area (Å²) in [5.41, 5.74) is 3.99. The Kier molecular flexibility index (Phi) is 5.33. The third-order valence-corrected chi connectivity index (χ3v) is 5.12. The predicted molar refractivity (Wildman–Crippen MR) is 110 cm³/mol. The minimum absolute atomic E-state index is 0.00167. The zero-order chi connectivity index (χ0) is 19.3. The Morgan fingerprint density at radius 3 is 2.68 bits per heavy atom. The van der Waals surface area contributed by atoms with Gasteiger partial charge in [-0.1, -0.05) is 36.4 Å². The van der Waals surface area contributed by atoms with E-state index in [9.17, 15) is 9.59 Å². The van der Waals surface area contributed by atoms with Gasteiger partial charge in [0.2, 0.25) is 11.8 Å². The molecular formula is C23H23N3O2. The molecule has 2 aromatic carbocycles. The lowest BCUT2D eigenvalue weighted by Crippen LogP contribution is -2.27. The van der Waals surface area contributed by atoms with Crippen molar-refractivity contribution in [1.82, 2.24) is 10.3 Å². The van der Waals surface area contributed by atoms with Crippen LogP contribution in [0.15, 0.2) is 60.8 Å². The number of nitrogens with zero attached hydrogens (tertiary/aromatic N) is 2. The zero-order valence-corrected chi connectivity index (χ0v) is 15.7. The molecular weight excluding hydrogens is 350 g/mol. The molecule has 5 nitrogen and oxygen atoms in total. The number of anilines is 1. The van der Waals surface area contributed by atoms with Crippen LogP contribution in [0.1, 0.15) is 24.0 Å². The van der Waals surface area contributed by atoms with Gasteiger partial charge in [0.25, 0.3) is 0 Å². The first-order chi connectivity index (χ1) is 13.7. The number of rotatable bonds is 6. The summed E-state index contributed by atoms with van der Waals surface area (Å²) in [6, 6.07) is 17.8. The molecule has 1 aliphatic rings. The van der Waals surface area contributed by atoms with Crippen molar-refractivity contribution in [1.29, 1.82) is 0 Å². The van der Waals surface area contributed by atoms with Gasteiger partial charge in [-0.3, -0.25) is 14.6 Å². The van der Waals surface area contributed by atoms with E-state index in [1.165, 1.54) is 0 Å². The summed E-state index contributed by atoms with van der Waals surface area (Å²) < 4.78 is 0. The number of benzene rings is 2. The number of carbonyl (C=O) groups excluding carboxylic acids is 2. The van der Waals surface area contributed by atoms with E-state index in [1.54, 1.807) is 6.20 Å². The lowest BCUT2D eigenvalue weighted by atomic mass is 10.1. The van der Waals surface area contributed by atoms with Crippen molar-refractivity contribution in [3.63, 3.8) is 0 Å². The van der Waals surface area contributed by atoms with Crippen LogP contribution < -0.4 is 10.2 Å². The fourth-order valence-electron chi connectivity index (χ4n) is 3.67. The van der Waals surface area contributed by atoms with Gasteiger partial charge in [0.1, 0.15) is 0 Å². The van der Waals surface area contributed by atoms with Gasteiger partial charge in [0, 0.05) is 36.8 Å². The zero-order valence-electron chi connectivity index (χ0n) is 15.7. The van der Waals surface area contributed by atoms with E-state index in [4.69, 9.17) is 0 Å². The Balaban J connectivity index is 1.30.